The number of hydrogen-bond donors (Lipinski definition) is 2. The highest BCUT2D eigenvalue weighted by Gasteiger charge is 2.12. The molecule has 2 aromatic carbocycles. The van der Waals surface area contributed by atoms with Crippen LogP contribution in [-0.4, -0.2) is 31.1 Å². The smallest absolute Gasteiger partial charge is 0.241 e. The molecule has 3 N–H and O–H groups in total. The van der Waals surface area contributed by atoms with E-state index in [1.54, 1.807) is 30.6 Å². The van der Waals surface area contributed by atoms with Crippen molar-refractivity contribution >= 4 is 47.5 Å². The van der Waals surface area contributed by atoms with E-state index in [4.69, 9.17) is 10.5 Å². The van der Waals surface area contributed by atoms with Crippen molar-refractivity contribution in [3.63, 3.8) is 0 Å². The summed E-state index contributed by atoms with van der Waals surface area (Å²) in [5, 5.41) is 2.86. The molecule has 0 unspecified atom stereocenters. The van der Waals surface area contributed by atoms with Crippen molar-refractivity contribution in [3.8, 4) is 5.75 Å². The van der Waals surface area contributed by atoms with Crippen LogP contribution in [0.25, 0.3) is 0 Å². The lowest BCUT2D eigenvalue weighted by molar-refractivity contribution is -0.117. The van der Waals surface area contributed by atoms with E-state index in [9.17, 15) is 4.79 Å². The van der Waals surface area contributed by atoms with E-state index in [1.807, 2.05) is 54.8 Å². The highest BCUT2D eigenvalue weighted by atomic mass is 35.5. The summed E-state index contributed by atoms with van der Waals surface area (Å²) < 4.78 is 5.15. The van der Waals surface area contributed by atoms with Gasteiger partial charge in [-0.15, -0.1) is 12.4 Å². The Kier molecular flexibility index (Phi) is 9.82. The Labute approximate surface area is 163 Å². The van der Waals surface area contributed by atoms with Crippen molar-refractivity contribution in [2.24, 2.45) is 5.73 Å². The van der Waals surface area contributed by atoms with Crippen LogP contribution in [0.4, 0.5) is 5.69 Å². The van der Waals surface area contributed by atoms with Crippen LogP contribution in [0.3, 0.4) is 0 Å². The third-order valence-corrected chi connectivity index (χ3v) is 5.05. The van der Waals surface area contributed by atoms with Crippen LogP contribution in [0.5, 0.6) is 5.75 Å². The molecule has 1 amide bonds. The zero-order valence-electron chi connectivity index (χ0n) is 14.2. The molecule has 2 aromatic rings. The Balaban J connectivity index is 0.00000312. The molecule has 0 radical (unpaired) electrons. The summed E-state index contributed by atoms with van der Waals surface area (Å²) in [6.45, 7) is 0. The lowest BCUT2D eigenvalue weighted by Crippen LogP contribution is -2.36. The lowest BCUT2D eigenvalue weighted by Gasteiger charge is -2.12. The van der Waals surface area contributed by atoms with Gasteiger partial charge < -0.3 is 15.8 Å². The van der Waals surface area contributed by atoms with Gasteiger partial charge in [0, 0.05) is 15.5 Å². The Hall–Kier alpha value is -1.34. The number of anilines is 1. The molecule has 0 fully saturated rings. The van der Waals surface area contributed by atoms with Gasteiger partial charge in [0.25, 0.3) is 0 Å². The number of methoxy groups -OCH3 is 1. The van der Waals surface area contributed by atoms with Gasteiger partial charge in [0.15, 0.2) is 0 Å². The van der Waals surface area contributed by atoms with Gasteiger partial charge in [0.1, 0.15) is 5.75 Å². The molecule has 136 valence electrons. The number of carbonyl (C=O) groups excluding carboxylic acids is 1. The van der Waals surface area contributed by atoms with Crippen LogP contribution in [-0.2, 0) is 4.79 Å². The fraction of sp³-hybridized carbons (Fsp3) is 0.278. The number of nitrogens with one attached hydrogen (secondary N) is 1. The number of nitrogens with two attached hydrogens (primary N) is 1. The van der Waals surface area contributed by atoms with Gasteiger partial charge in [-0.1, -0.05) is 11.8 Å². The van der Waals surface area contributed by atoms with Gasteiger partial charge in [-0.2, -0.15) is 11.8 Å². The van der Waals surface area contributed by atoms with Gasteiger partial charge in [-0.25, -0.2) is 0 Å². The van der Waals surface area contributed by atoms with Crippen molar-refractivity contribution in [2.75, 3.05) is 24.4 Å². The number of ether oxygens (including phenoxy) is 1. The van der Waals surface area contributed by atoms with Crippen molar-refractivity contribution in [1.82, 2.24) is 0 Å². The second kappa shape index (κ2) is 11.3. The van der Waals surface area contributed by atoms with Crippen molar-refractivity contribution < 1.29 is 9.53 Å². The molecule has 4 nitrogen and oxygen atoms in total. The van der Waals surface area contributed by atoms with Gasteiger partial charge in [-0.05, 0) is 67.0 Å². The SMILES string of the molecule is COc1ccc(Sc2ccc(NC(=O)[C@@H](N)CCSC)cc2)cc1.Cl. The largest absolute Gasteiger partial charge is 0.497 e. The van der Waals surface area contributed by atoms with Crippen LogP contribution in [0.2, 0.25) is 0 Å². The summed E-state index contributed by atoms with van der Waals surface area (Å²) in [4.78, 5) is 14.2. The van der Waals surface area contributed by atoms with E-state index >= 15 is 0 Å². The zero-order valence-corrected chi connectivity index (χ0v) is 16.7. The minimum atomic E-state index is -0.467. The number of amides is 1. The van der Waals surface area contributed by atoms with Crippen molar-refractivity contribution in [2.45, 2.75) is 22.3 Å². The number of thioether (sulfide) groups is 1. The van der Waals surface area contributed by atoms with Crippen LogP contribution >= 0.6 is 35.9 Å². The molecular formula is C18H23ClN2O2S2. The van der Waals surface area contributed by atoms with Gasteiger partial charge in [-0.3, -0.25) is 4.79 Å². The number of carbonyl (C=O) groups is 1. The highest BCUT2D eigenvalue weighted by Crippen LogP contribution is 2.29. The monoisotopic (exact) mass is 398 g/mol. The quantitative estimate of drug-likeness (QED) is 0.694. The van der Waals surface area contributed by atoms with Crippen LogP contribution in [0.1, 0.15) is 6.42 Å². The molecule has 7 heteroatoms. The predicted octanol–water partition coefficient (Wildman–Crippen LogP) is 4.29. The molecule has 0 aliphatic heterocycles. The Morgan fingerprint density at radius 2 is 1.68 bits per heavy atom. The summed E-state index contributed by atoms with van der Waals surface area (Å²) >= 11 is 3.34. The molecule has 0 saturated heterocycles. The first-order valence-electron chi connectivity index (χ1n) is 7.59. The molecule has 0 spiro atoms. The zero-order chi connectivity index (χ0) is 17.4. The molecular weight excluding hydrogens is 376 g/mol. The van der Waals surface area contributed by atoms with E-state index in [1.165, 1.54) is 0 Å². The molecule has 0 saturated carbocycles. The molecule has 0 heterocycles. The van der Waals surface area contributed by atoms with Crippen LogP contribution in [0, 0.1) is 0 Å². The molecule has 2 rings (SSSR count). The second-order valence-corrected chi connectivity index (χ2v) is 7.31. The minimum absolute atomic E-state index is 0. The van der Waals surface area contributed by atoms with E-state index in [-0.39, 0.29) is 18.3 Å². The maximum Gasteiger partial charge on any atom is 0.241 e. The van der Waals surface area contributed by atoms with Crippen LogP contribution in [0.15, 0.2) is 58.3 Å². The van der Waals surface area contributed by atoms with Crippen molar-refractivity contribution in [1.29, 1.82) is 0 Å². The number of hydrogen-bond acceptors (Lipinski definition) is 5. The highest BCUT2D eigenvalue weighted by molar-refractivity contribution is 7.99. The number of rotatable bonds is 8. The standard InChI is InChI=1S/C18H22N2O2S2.ClH/c1-22-14-5-9-16(10-6-14)24-15-7-3-13(4-8-15)20-18(21)17(19)11-12-23-2;/h3-10,17H,11-12,19H2,1-2H3,(H,20,21);1H/t17-;/m0./s1. The molecule has 0 aromatic heterocycles. The summed E-state index contributed by atoms with van der Waals surface area (Å²) in [5.41, 5.74) is 6.63. The fourth-order valence-electron chi connectivity index (χ4n) is 2.00. The van der Waals surface area contributed by atoms with Crippen molar-refractivity contribution in [3.05, 3.63) is 48.5 Å². The van der Waals surface area contributed by atoms with E-state index < -0.39 is 6.04 Å². The molecule has 1 atom stereocenters. The fourth-order valence-corrected chi connectivity index (χ4v) is 3.30. The summed E-state index contributed by atoms with van der Waals surface area (Å²) in [5.74, 6) is 1.58. The predicted molar refractivity (Wildman–Crippen MR) is 110 cm³/mol. The lowest BCUT2D eigenvalue weighted by atomic mass is 10.2. The maximum atomic E-state index is 12.0. The topological polar surface area (TPSA) is 64.3 Å². The molecule has 0 aliphatic carbocycles. The average molecular weight is 399 g/mol. The first-order valence-corrected chi connectivity index (χ1v) is 9.81. The summed E-state index contributed by atoms with van der Waals surface area (Å²) in [7, 11) is 1.65. The first kappa shape index (κ1) is 21.7. The third kappa shape index (κ3) is 7.20. The normalized spacial score (nSPS) is 11.3. The minimum Gasteiger partial charge on any atom is -0.497 e. The summed E-state index contributed by atoms with van der Waals surface area (Å²) in [6.07, 6.45) is 2.68. The van der Waals surface area contributed by atoms with Gasteiger partial charge in [0.2, 0.25) is 5.91 Å². The van der Waals surface area contributed by atoms with Crippen LogP contribution < -0.4 is 15.8 Å². The number of halogens is 1. The van der Waals surface area contributed by atoms with E-state index in [0.29, 0.717) is 6.42 Å². The van der Waals surface area contributed by atoms with Gasteiger partial charge in [0.05, 0.1) is 13.2 Å². The Bertz CT molecular complexity index is 651. The average Bonchev–Trinajstić information content (AvgIpc) is 2.62. The third-order valence-electron chi connectivity index (χ3n) is 3.39. The van der Waals surface area contributed by atoms with Gasteiger partial charge >= 0.3 is 0 Å². The number of benzene rings is 2. The molecule has 0 aliphatic rings. The first-order chi connectivity index (χ1) is 11.6. The maximum absolute atomic E-state index is 12.0. The van der Waals surface area contributed by atoms with E-state index in [0.717, 1.165) is 27.0 Å². The molecule has 0 bridgehead atoms. The Morgan fingerprint density at radius 1 is 1.12 bits per heavy atom. The van der Waals surface area contributed by atoms with E-state index in [2.05, 4.69) is 5.32 Å². The second-order valence-electron chi connectivity index (χ2n) is 5.18. The summed E-state index contributed by atoms with van der Waals surface area (Å²) in [6, 6.07) is 15.2. The molecule has 25 heavy (non-hydrogen) atoms. The Morgan fingerprint density at radius 3 is 2.20 bits per heavy atom.